The molecule has 0 unspecified atom stereocenters. The summed E-state index contributed by atoms with van der Waals surface area (Å²) in [4.78, 5) is 11.5. The van der Waals surface area contributed by atoms with E-state index in [0.717, 1.165) is 6.07 Å². The molecule has 20 heavy (non-hydrogen) atoms. The van der Waals surface area contributed by atoms with Crippen molar-refractivity contribution >= 4 is 53.2 Å². The molecule has 1 rings (SSSR count). The van der Waals surface area contributed by atoms with E-state index in [1.165, 1.54) is 13.2 Å². The maximum Gasteiger partial charge on any atom is 0.338 e. The number of rotatable bonds is 6. The van der Waals surface area contributed by atoms with E-state index in [9.17, 15) is 13.2 Å². The Balaban J connectivity index is 2.97. The van der Waals surface area contributed by atoms with Gasteiger partial charge in [0.15, 0.2) is 0 Å². The number of ether oxygens (including phenoxy) is 2. The van der Waals surface area contributed by atoms with E-state index in [-0.39, 0.29) is 26.6 Å². The third-order valence-electron chi connectivity index (χ3n) is 2.22. The first-order valence-electron chi connectivity index (χ1n) is 5.37. The number of carbonyl (C=O) groups is 1. The van der Waals surface area contributed by atoms with Gasteiger partial charge < -0.3 is 9.47 Å². The van der Waals surface area contributed by atoms with Gasteiger partial charge in [-0.3, -0.25) is 0 Å². The standard InChI is InChI=1S/C11H11BrCl2O5S/c1-18-3-2-4-19-11(15)7-5-8(13)10(12)9(6-7)20(14,16)17/h5-6H,2-4H2,1H3. The van der Waals surface area contributed by atoms with Gasteiger partial charge in [-0.05, 0) is 28.1 Å². The van der Waals surface area contributed by atoms with Crippen molar-refractivity contribution in [3.63, 3.8) is 0 Å². The van der Waals surface area contributed by atoms with Gasteiger partial charge >= 0.3 is 5.97 Å². The molecule has 0 spiro atoms. The van der Waals surface area contributed by atoms with E-state index in [4.69, 9.17) is 31.8 Å². The Morgan fingerprint density at radius 2 is 2.00 bits per heavy atom. The largest absolute Gasteiger partial charge is 0.462 e. The predicted molar refractivity (Wildman–Crippen MR) is 79.0 cm³/mol. The summed E-state index contributed by atoms with van der Waals surface area (Å²) < 4.78 is 32.7. The molecule has 0 aliphatic carbocycles. The second kappa shape index (κ2) is 7.61. The summed E-state index contributed by atoms with van der Waals surface area (Å²) in [5.74, 6) is -0.683. The molecule has 0 atom stereocenters. The Kier molecular flexibility index (Phi) is 6.74. The van der Waals surface area contributed by atoms with Crippen LogP contribution in [0.4, 0.5) is 0 Å². The van der Waals surface area contributed by atoms with Gasteiger partial charge in [0.05, 0.1) is 26.6 Å². The molecule has 0 bridgehead atoms. The lowest BCUT2D eigenvalue weighted by Crippen LogP contribution is -2.09. The van der Waals surface area contributed by atoms with Crippen LogP contribution in [0.1, 0.15) is 16.8 Å². The van der Waals surface area contributed by atoms with Crippen LogP contribution in [0.2, 0.25) is 5.02 Å². The smallest absolute Gasteiger partial charge is 0.338 e. The van der Waals surface area contributed by atoms with Crippen molar-refractivity contribution in [2.24, 2.45) is 0 Å². The Morgan fingerprint density at radius 1 is 1.35 bits per heavy atom. The van der Waals surface area contributed by atoms with Gasteiger partial charge in [-0.1, -0.05) is 11.6 Å². The van der Waals surface area contributed by atoms with E-state index in [2.05, 4.69) is 15.9 Å². The number of esters is 1. The number of methoxy groups -OCH3 is 1. The third kappa shape index (κ3) is 4.89. The van der Waals surface area contributed by atoms with Crippen LogP contribution in [0.5, 0.6) is 0 Å². The molecule has 0 N–H and O–H groups in total. The highest BCUT2D eigenvalue weighted by Crippen LogP contribution is 2.33. The van der Waals surface area contributed by atoms with Crippen LogP contribution in [0, 0.1) is 0 Å². The second-order valence-electron chi connectivity index (χ2n) is 3.69. The molecule has 0 aliphatic rings. The minimum atomic E-state index is -4.03. The summed E-state index contributed by atoms with van der Waals surface area (Å²) in [6.07, 6.45) is 0.535. The van der Waals surface area contributed by atoms with E-state index in [0.29, 0.717) is 13.0 Å². The van der Waals surface area contributed by atoms with Crippen LogP contribution in [-0.2, 0) is 18.5 Å². The molecule has 1 aromatic rings. The maximum absolute atomic E-state index is 11.8. The molecule has 0 aromatic heterocycles. The van der Waals surface area contributed by atoms with E-state index in [1.54, 1.807) is 0 Å². The number of benzene rings is 1. The number of carbonyl (C=O) groups excluding carboxylic acids is 1. The first-order valence-corrected chi connectivity index (χ1v) is 8.85. The molecule has 0 radical (unpaired) electrons. The van der Waals surface area contributed by atoms with Crippen LogP contribution in [-0.4, -0.2) is 34.7 Å². The minimum absolute atomic E-state index is 0.00911. The van der Waals surface area contributed by atoms with Gasteiger partial charge in [-0.15, -0.1) is 0 Å². The lowest BCUT2D eigenvalue weighted by molar-refractivity contribution is 0.0468. The summed E-state index contributed by atoms with van der Waals surface area (Å²) in [6.45, 7) is 0.610. The van der Waals surface area contributed by atoms with Gasteiger partial charge in [0.1, 0.15) is 0 Å². The van der Waals surface area contributed by atoms with Crippen LogP contribution in [0.3, 0.4) is 0 Å². The molecule has 1 aromatic carbocycles. The first kappa shape index (κ1) is 17.7. The fourth-order valence-electron chi connectivity index (χ4n) is 1.31. The van der Waals surface area contributed by atoms with Crippen molar-refractivity contribution in [3.8, 4) is 0 Å². The van der Waals surface area contributed by atoms with Crippen molar-refractivity contribution in [2.75, 3.05) is 20.3 Å². The maximum atomic E-state index is 11.8. The molecule has 112 valence electrons. The predicted octanol–water partition coefficient (Wildman–Crippen LogP) is 3.22. The van der Waals surface area contributed by atoms with Crippen molar-refractivity contribution in [1.29, 1.82) is 0 Å². The topological polar surface area (TPSA) is 69.7 Å². The van der Waals surface area contributed by atoms with E-state index >= 15 is 0 Å². The molecule has 0 saturated heterocycles. The molecular weight excluding hydrogens is 395 g/mol. The van der Waals surface area contributed by atoms with Crippen LogP contribution >= 0.6 is 38.2 Å². The summed E-state index contributed by atoms with van der Waals surface area (Å²) in [6, 6.07) is 2.41. The number of hydrogen-bond acceptors (Lipinski definition) is 5. The molecule has 9 heteroatoms. The number of hydrogen-bond donors (Lipinski definition) is 0. The Bertz CT molecular complexity index is 603. The SMILES string of the molecule is COCCCOC(=O)c1cc(Cl)c(Br)c(S(=O)(=O)Cl)c1. The second-order valence-corrected chi connectivity index (χ2v) is 7.42. The van der Waals surface area contributed by atoms with Crippen molar-refractivity contribution in [2.45, 2.75) is 11.3 Å². The first-order chi connectivity index (χ1) is 9.27. The van der Waals surface area contributed by atoms with Crippen molar-refractivity contribution in [1.82, 2.24) is 0 Å². The van der Waals surface area contributed by atoms with Crippen LogP contribution < -0.4 is 0 Å². The van der Waals surface area contributed by atoms with E-state index in [1.807, 2.05) is 0 Å². The molecule has 0 heterocycles. The lowest BCUT2D eigenvalue weighted by Gasteiger charge is -2.08. The van der Waals surface area contributed by atoms with Gasteiger partial charge in [0, 0.05) is 30.8 Å². The van der Waals surface area contributed by atoms with E-state index < -0.39 is 15.0 Å². The fraction of sp³-hybridized carbons (Fsp3) is 0.364. The molecular formula is C11H11BrCl2O5S. The van der Waals surface area contributed by atoms with Gasteiger partial charge in [0.25, 0.3) is 9.05 Å². The highest BCUT2D eigenvalue weighted by molar-refractivity contribution is 9.10. The van der Waals surface area contributed by atoms with Crippen molar-refractivity contribution in [3.05, 3.63) is 27.2 Å². The fourth-order valence-corrected chi connectivity index (χ4v) is 3.69. The van der Waals surface area contributed by atoms with Crippen LogP contribution in [0.15, 0.2) is 21.5 Å². The highest BCUT2D eigenvalue weighted by Gasteiger charge is 2.21. The zero-order valence-corrected chi connectivity index (χ0v) is 14.3. The average Bonchev–Trinajstić information content (AvgIpc) is 2.36. The van der Waals surface area contributed by atoms with Gasteiger partial charge in [0.2, 0.25) is 0 Å². The third-order valence-corrected chi connectivity index (χ3v) is 5.21. The summed E-state index contributed by atoms with van der Waals surface area (Å²) in [7, 11) is 2.78. The Hall–Kier alpha value is -0.340. The monoisotopic (exact) mass is 404 g/mol. The quantitative estimate of drug-likeness (QED) is 0.412. The van der Waals surface area contributed by atoms with Gasteiger partial charge in [-0.25, -0.2) is 13.2 Å². The van der Waals surface area contributed by atoms with Crippen LogP contribution in [0.25, 0.3) is 0 Å². The molecule has 5 nitrogen and oxygen atoms in total. The summed E-state index contributed by atoms with van der Waals surface area (Å²) in [5.41, 5.74) is 0.00911. The molecule has 0 fully saturated rings. The molecule has 0 amide bonds. The lowest BCUT2D eigenvalue weighted by atomic mass is 10.2. The highest BCUT2D eigenvalue weighted by atomic mass is 79.9. The van der Waals surface area contributed by atoms with Crippen molar-refractivity contribution < 1.29 is 22.7 Å². The Morgan fingerprint density at radius 3 is 2.55 bits per heavy atom. The zero-order chi connectivity index (χ0) is 15.3. The summed E-state index contributed by atoms with van der Waals surface area (Å²) in [5, 5.41) is 0.0515. The Labute approximate surface area is 134 Å². The molecule has 0 aliphatic heterocycles. The zero-order valence-electron chi connectivity index (χ0n) is 10.4. The minimum Gasteiger partial charge on any atom is -0.462 e. The number of halogens is 3. The normalized spacial score (nSPS) is 11.4. The summed E-state index contributed by atoms with van der Waals surface area (Å²) >= 11 is 8.86. The molecule has 0 saturated carbocycles. The average molecular weight is 406 g/mol. The van der Waals surface area contributed by atoms with Gasteiger partial charge in [-0.2, -0.15) is 0 Å².